The summed E-state index contributed by atoms with van der Waals surface area (Å²) in [6.07, 6.45) is 3.66. The molecule has 0 aromatic heterocycles. The van der Waals surface area contributed by atoms with E-state index in [0.29, 0.717) is 38.4 Å². The van der Waals surface area contributed by atoms with Gasteiger partial charge in [0.2, 0.25) is 15.9 Å². The molecule has 1 aromatic carbocycles. The van der Waals surface area contributed by atoms with Crippen molar-refractivity contribution in [1.29, 1.82) is 0 Å². The summed E-state index contributed by atoms with van der Waals surface area (Å²) in [5, 5.41) is 2.81. The molecule has 0 bridgehead atoms. The van der Waals surface area contributed by atoms with Crippen molar-refractivity contribution in [2.45, 2.75) is 43.5 Å². The van der Waals surface area contributed by atoms with E-state index in [1.165, 1.54) is 0 Å². The third kappa shape index (κ3) is 5.30. The molecule has 0 saturated carbocycles. The van der Waals surface area contributed by atoms with Gasteiger partial charge >= 0.3 is 6.03 Å². The van der Waals surface area contributed by atoms with Crippen molar-refractivity contribution in [2.24, 2.45) is 5.73 Å². The lowest BCUT2D eigenvalue weighted by atomic mass is 10.0. The van der Waals surface area contributed by atoms with Gasteiger partial charge in [0.15, 0.2) is 0 Å². The first-order chi connectivity index (χ1) is 14.3. The monoisotopic (exact) mass is 437 g/mol. The molecule has 1 aromatic rings. The standard InChI is InChI=1S/C20H31N5O4S/c1-2-17-5-3-4-10-25(17)30(28,29)18-8-6-16(7-9-18)22-19(26)15-23-11-13-24(14-12-23)20(21)27/h6-9,17H,2-5,10-15H2,1H3,(H2,21,27)(H,22,26). The topological polar surface area (TPSA) is 116 Å². The van der Waals surface area contributed by atoms with Gasteiger partial charge in [0.25, 0.3) is 0 Å². The fraction of sp³-hybridized carbons (Fsp3) is 0.600. The van der Waals surface area contributed by atoms with Crippen LogP contribution in [0.4, 0.5) is 10.5 Å². The van der Waals surface area contributed by atoms with Crippen molar-refractivity contribution >= 4 is 27.6 Å². The predicted octanol–water partition coefficient (Wildman–Crippen LogP) is 1.27. The Balaban J connectivity index is 1.56. The van der Waals surface area contributed by atoms with Crippen LogP contribution in [0.25, 0.3) is 0 Å². The van der Waals surface area contributed by atoms with Gasteiger partial charge in [-0.05, 0) is 43.5 Å². The first kappa shape index (κ1) is 22.5. The number of nitrogens with two attached hydrogens (primary N) is 1. The Morgan fingerprint density at radius 3 is 2.33 bits per heavy atom. The number of benzene rings is 1. The van der Waals surface area contributed by atoms with Gasteiger partial charge in [0.1, 0.15) is 0 Å². The van der Waals surface area contributed by atoms with E-state index in [-0.39, 0.29) is 23.4 Å². The van der Waals surface area contributed by atoms with Crippen molar-refractivity contribution in [1.82, 2.24) is 14.1 Å². The molecule has 10 heteroatoms. The number of amides is 3. The SMILES string of the molecule is CCC1CCCCN1S(=O)(=O)c1ccc(NC(=O)CN2CCN(C(N)=O)CC2)cc1. The number of nitrogens with one attached hydrogen (secondary N) is 1. The molecule has 9 nitrogen and oxygen atoms in total. The van der Waals surface area contributed by atoms with E-state index in [0.717, 1.165) is 25.7 Å². The van der Waals surface area contributed by atoms with Gasteiger partial charge in [-0.2, -0.15) is 4.31 Å². The average molecular weight is 438 g/mol. The summed E-state index contributed by atoms with van der Waals surface area (Å²) in [4.78, 5) is 27.2. The third-order valence-corrected chi connectivity index (χ3v) is 7.81. The van der Waals surface area contributed by atoms with Gasteiger partial charge in [-0.15, -0.1) is 0 Å². The van der Waals surface area contributed by atoms with E-state index in [1.807, 2.05) is 11.8 Å². The zero-order chi connectivity index (χ0) is 21.7. The van der Waals surface area contributed by atoms with Crippen LogP contribution in [0.2, 0.25) is 0 Å². The van der Waals surface area contributed by atoms with Crippen LogP contribution in [0.1, 0.15) is 32.6 Å². The summed E-state index contributed by atoms with van der Waals surface area (Å²) in [7, 11) is -3.53. The molecule has 0 spiro atoms. The van der Waals surface area contributed by atoms with Crippen LogP contribution >= 0.6 is 0 Å². The summed E-state index contributed by atoms with van der Waals surface area (Å²) in [6.45, 7) is 4.96. The summed E-state index contributed by atoms with van der Waals surface area (Å²) >= 11 is 0. The van der Waals surface area contributed by atoms with Crippen LogP contribution in [0.3, 0.4) is 0 Å². The largest absolute Gasteiger partial charge is 0.351 e. The molecule has 3 N–H and O–H groups in total. The number of piperidine rings is 1. The molecule has 2 aliphatic heterocycles. The molecule has 2 saturated heterocycles. The number of anilines is 1. The zero-order valence-electron chi connectivity index (χ0n) is 17.4. The second-order valence-electron chi connectivity index (χ2n) is 7.85. The smallest absolute Gasteiger partial charge is 0.314 e. The molecule has 166 valence electrons. The first-order valence-corrected chi connectivity index (χ1v) is 11.9. The lowest BCUT2D eigenvalue weighted by molar-refractivity contribution is -0.117. The van der Waals surface area contributed by atoms with E-state index < -0.39 is 16.1 Å². The molecule has 2 aliphatic rings. The molecule has 0 radical (unpaired) electrons. The van der Waals surface area contributed by atoms with Gasteiger partial charge in [0.05, 0.1) is 11.4 Å². The highest BCUT2D eigenvalue weighted by Gasteiger charge is 2.32. The van der Waals surface area contributed by atoms with Crippen LogP contribution in [0.5, 0.6) is 0 Å². The number of hydrogen-bond acceptors (Lipinski definition) is 5. The Bertz CT molecular complexity index is 850. The summed E-state index contributed by atoms with van der Waals surface area (Å²) in [5.41, 5.74) is 5.82. The Kier molecular flexibility index (Phi) is 7.32. The van der Waals surface area contributed by atoms with Crippen molar-refractivity contribution in [3.8, 4) is 0 Å². The van der Waals surface area contributed by atoms with Crippen LogP contribution in [-0.4, -0.2) is 79.8 Å². The molecule has 0 aliphatic carbocycles. The Morgan fingerprint density at radius 2 is 1.73 bits per heavy atom. The number of piperazine rings is 1. The van der Waals surface area contributed by atoms with Gasteiger partial charge in [-0.25, -0.2) is 13.2 Å². The van der Waals surface area contributed by atoms with Crippen molar-refractivity contribution < 1.29 is 18.0 Å². The maximum absolute atomic E-state index is 13.0. The highest BCUT2D eigenvalue weighted by Crippen LogP contribution is 2.27. The average Bonchev–Trinajstić information content (AvgIpc) is 2.74. The molecular weight excluding hydrogens is 406 g/mol. The summed E-state index contributed by atoms with van der Waals surface area (Å²) < 4.78 is 27.7. The lowest BCUT2D eigenvalue weighted by Crippen LogP contribution is -2.51. The molecular formula is C20H31N5O4S. The van der Waals surface area contributed by atoms with E-state index >= 15 is 0 Å². The number of hydrogen-bond donors (Lipinski definition) is 2. The molecule has 1 unspecified atom stereocenters. The Morgan fingerprint density at radius 1 is 1.07 bits per heavy atom. The lowest BCUT2D eigenvalue weighted by Gasteiger charge is -2.34. The number of urea groups is 1. The van der Waals surface area contributed by atoms with E-state index in [4.69, 9.17) is 5.73 Å². The van der Waals surface area contributed by atoms with Gasteiger partial charge in [-0.3, -0.25) is 9.69 Å². The number of nitrogens with zero attached hydrogens (tertiary/aromatic N) is 3. The minimum atomic E-state index is -3.53. The zero-order valence-corrected chi connectivity index (χ0v) is 18.2. The van der Waals surface area contributed by atoms with Crippen LogP contribution < -0.4 is 11.1 Å². The van der Waals surface area contributed by atoms with E-state index in [1.54, 1.807) is 33.5 Å². The van der Waals surface area contributed by atoms with Gasteiger partial charge < -0.3 is 16.0 Å². The van der Waals surface area contributed by atoms with Crippen LogP contribution in [0.15, 0.2) is 29.2 Å². The fourth-order valence-electron chi connectivity index (χ4n) is 4.07. The second-order valence-corrected chi connectivity index (χ2v) is 9.74. The normalized spacial score (nSPS) is 21.4. The van der Waals surface area contributed by atoms with Crippen molar-refractivity contribution in [2.75, 3.05) is 44.6 Å². The number of carbonyl (C=O) groups is 2. The van der Waals surface area contributed by atoms with Crippen LogP contribution in [0, 0.1) is 0 Å². The van der Waals surface area contributed by atoms with Gasteiger partial charge in [-0.1, -0.05) is 13.3 Å². The molecule has 3 rings (SSSR count). The van der Waals surface area contributed by atoms with E-state index in [2.05, 4.69) is 5.32 Å². The maximum Gasteiger partial charge on any atom is 0.314 e. The minimum Gasteiger partial charge on any atom is -0.351 e. The fourth-order valence-corrected chi connectivity index (χ4v) is 5.84. The van der Waals surface area contributed by atoms with Gasteiger partial charge in [0, 0.05) is 44.5 Å². The Labute approximate surface area is 178 Å². The molecule has 30 heavy (non-hydrogen) atoms. The molecule has 2 fully saturated rings. The maximum atomic E-state index is 13.0. The number of sulfonamides is 1. The third-order valence-electron chi connectivity index (χ3n) is 5.84. The quantitative estimate of drug-likeness (QED) is 0.695. The first-order valence-electron chi connectivity index (χ1n) is 10.5. The molecule has 3 amide bonds. The molecule has 1 atom stereocenters. The number of primary amides is 1. The highest BCUT2D eigenvalue weighted by molar-refractivity contribution is 7.89. The predicted molar refractivity (Wildman–Crippen MR) is 114 cm³/mol. The number of rotatable bonds is 6. The Hall–Kier alpha value is -2.17. The number of carbonyl (C=O) groups excluding carboxylic acids is 2. The minimum absolute atomic E-state index is 0.0539. The van der Waals surface area contributed by atoms with Crippen LogP contribution in [-0.2, 0) is 14.8 Å². The molecule has 2 heterocycles. The van der Waals surface area contributed by atoms with Crippen molar-refractivity contribution in [3.05, 3.63) is 24.3 Å². The summed E-state index contributed by atoms with van der Waals surface area (Å²) in [5.74, 6) is -0.180. The van der Waals surface area contributed by atoms with E-state index in [9.17, 15) is 18.0 Å². The summed E-state index contributed by atoms with van der Waals surface area (Å²) in [6, 6.07) is 5.97. The second kappa shape index (κ2) is 9.76. The van der Waals surface area contributed by atoms with Crippen molar-refractivity contribution in [3.63, 3.8) is 0 Å². The highest BCUT2D eigenvalue weighted by atomic mass is 32.2.